The molecule has 7 heteroatoms. The van der Waals surface area contributed by atoms with Crippen LogP contribution >= 0.6 is 0 Å². The monoisotopic (exact) mass is 396 g/mol. The maximum Gasteiger partial charge on any atom is 0.272 e. The molecule has 1 aromatic carbocycles. The maximum absolute atomic E-state index is 12.9. The molecule has 1 aliphatic heterocycles. The average molecular weight is 396 g/mol. The lowest BCUT2D eigenvalue weighted by Gasteiger charge is -2.36. The zero-order valence-electron chi connectivity index (χ0n) is 17.2. The molecule has 1 fully saturated rings. The largest absolute Gasteiger partial charge is 0.495 e. The van der Waals surface area contributed by atoms with Crippen LogP contribution < -0.4 is 15.0 Å². The molecule has 1 N–H and O–H groups in total. The van der Waals surface area contributed by atoms with E-state index in [1.807, 2.05) is 38.1 Å². The molecule has 1 atom stereocenters. The van der Waals surface area contributed by atoms with Gasteiger partial charge in [0.15, 0.2) is 0 Å². The summed E-state index contributed by atoms with van der Waals surface area (Å²) in [6.45, 7) is 6.55. The van der Waals surface area contributed by atoms with E-state index in [0.717, 1.165) is 17.9 Å². The van der Waals surface area contributed by atoms with Crippen molar-refractivity contribution in [2.75, 3.05) is 38.2 Å². The minimum Gasteiger partial charge on any atom is -0.495 e. The molecule has 0 saturated carbocycles. The Morgan fingerprint density at radius 2 is 1.90 bits per heavy atom. The second kappa shape index (κ2) is 9.41. The topological polar surface area (TPSA) is 74.8 Å². The Bertz CT molecular complexity index is 863. The molecule has 0 bridgehead atoms. The fraction of sp³-hybridized carbons (Fsp3) is 0.409. The van der Waals surface area contributed by atoms with Crippen LogP contribution in [0.2, 0.25) is 0 Å². The number of ether oxygens (including phenoxy) is 1. The van der Waals surface area contributed by atoms with Gasteiger partial charge in [0.05, 0.1) is 12.8 Å². The predicted octanol–water partition coefficient (Wildman–Crippen LogP) is 2.58. The number of carbonyl (C=O) groups excluding carboxylic acids is 2. The van der Waals surface area contributed by atoms with E-state index in [1.54, 1.807) is 24.1 Å². The van der Waals surface area contributed by atoms with Crippen molar-refractivity contribution in [1.29, 1.82) is 0 Å². The molecule has 0 aliphatic carbocycles. The van der Waals surface area contributed by atoms with Crippen LogP contribution in [0, 0.1) is 0 Å². The van der Waals surface area contributed by atoms with Crippen LogP contribution in [0.15, 0.2) is 42.6 Å². The lowest BCUT2D eigenvalue weighted by atomic mass is 10.1. The summed E-state index contributed by atoms with van der Waals surface area (Å²) < 4.78 is 5.44. The predicted molar refractivity (Wildman–Crippen MR) is 113 cm³/mol. The number of anilines is 1. The molecule has 1 aromatic heterocycles. The van der Waals surface area contributed by atoms with E-state index in [4.69, 9.17) is 4.74 Å². The van der Waals surface area contributed by atoms with Gasteiger partial charge in [0.2, 0.25) is 0 Å². The number of nitrogens with zero attached hydrogens (tertiary/aromatic N) is 3. The SMILES string of the molecule is CCC(C)NC(=O)c1ccnc(C(=O)N2CCN(c3ccccc3OC)CC2)c1. The number of benzene rings is 1. The molecule has 154 valence electrons. The molecule has 2 aromatic rings. The fourth-order valence-corrected chi connectivity index (χ4v) is 3.30. The van der Waals surface area contributed by atoms with E-state index in [1.165, 1.54) is 6.20 Å². The van der Waals surface area contributed by atoms with Gasteiger partial charge in [0, 0.05) is 44.0 Å². The summed E-state index contributed by atoms with van der Waals surface area (Å²) in [5.41, 5.74) is 1.78. The van der Waals surface area contributed by atoms with Crippen LogP contribution in [0.3, 0.4) is 0 Å². The average Bonchev–Trinajstić information content (AvgIpc) is 2.78. The summed E-state index contributed by atoms with van der Waals surface area (Å²) in [6, 6.07) is 11.2. The molecule has 7 nitrogen and oxygen atoms in total. The minimum absolute atomic E-state index is 0.0814. The number of piperazine rings is 1. The second-order valence-corrected chi connectivity index (χ2v) is 7.16. The van der Waals surface area contributed by atoms with Gasteiger partial charge >= 0.3 is 0 Å². The molecular formula is C22H28N4O3. The van der Waals surface area contributed by atoms with Crippen molar-refractivity contribution in [3.8, 4) is 5.75 Å². The highest BCUT2D eigenvalue weighted by Gasteiger charge is 2.25. The van der Waals surface area contributed by atoms with Gasteiger partial charge in [-0.1, -0.05) is 19.1 Å². The summed E-state index contributed by atoms with van der Waals surface area (Å²) in [6.07, 6.45) is 2.36. The van der Waals surface area contributed by atoms with Crippen LogP contribution in [0.4, 0.5) is 5.69 Å². The van der Waals surface area contributed by atoms with Crippen LogP contribution in [0.1, 0.15) is 41.1 Å². The zero-order chi connectivity index (χ0) is 20.8. The van der Waals surface area contributed by atoms with Crippen molar-refractivity contribution in [2.45, 2.75) is 26.3 Å². The Morgan fingerprint density at radius 1 is 1.17 bits per heavy atom. The smallest absolute Gasteiger partial charge is 0.272 e. The number of para-hydroxylation sites is 2. The Kier molecular flexibility index (Phi) is 6.69. The Hall–Kier alpha value is -3.09. The third-order valence-corrected chi connectivity index (χ3v) is 5.22. The van der Waals surface area contributed by atoms with Gasteiger partial charge < -0.3 is 19.9 Å². The van der Waals surface area contributed by atoms with Crippen molar-refractivity contribution in [3.05, 3.63) is 53.9 Å². The zero-order valence-corrected chi connectivity index (χ0v) is 17.2. The first-order valence-electron chi connectivity index (χ1n) is 9.97. The van der Waals surface area contributed by atoms with E-state index in [9.17, 15) is 9.59 Å². The molecule has 2 amide bonds. The van der Waals surface area contributed by atoms with Crippen molar-refractivity contribution in [1.82, 2.24) is 15.2 Å². The highest BCUT2D eigenvalue weighted by Crippen LogP contribution is 2.28. The van der Waals surface area contributed by atoms with Gasteiger partial charge in [-0.3, -0.25) is 14.6 Å². The lowest BCUT2D eigenvalue weighted by molar-refractivity contribution is 0.0740. The van der Waals surface area contributed by atoms with Crippen molar-refractivity contribution < 1.29 is 14.3 Å². The van der Waals surface area contributed by atoms with Crippen LogP contribution in [0.5, 0.6) is 5.75 Å². The second-order valence-electron chi connectivity index (χ2n) is 7.16. The third-order valence-electron chi connectivity index (χ3n) is 5.22. The van der Waals surface area contributed by atoms with E-state index in [0.29, 0.717) is 37.4 Å². The molecule has 2 heterocycles. The van der Waals surface area contributed by atoms with E-state index >= 15 is 0 Å². The molecule has 1 aliphatic rings. The van der Waals surface area contributed by atoms with Crippen molar-refractivity contribution in [3.63, 3.8) is 0 Å². The van der Waals surface area contributed by atoms with Gasteiger partial charge in [0.1, 0.15) is 11.4 Å². The maximum atomic E-state index is 12.9. The summed E-state index contributed by atoms with van der Waals surface area (Å²) in [5, 5.41) is 2.92. The van der Waals surface area contributed by atoms with Gasteiger partial charge in [-0.25, -0.2) is 0 Å². The van der Waals surface area contributed by atoms with E-state index < -0.39 is 0 Å². The van der Waals surface area contributed by atoms with Gasteiger partial charge in [0.25, 0.3) is 11.8 Å². The minimum atomic E-state index is -0.184. The highest BCUT2D eigenvalue weighted by molar-refractivity contribution is 5.98. The first-order chi connectivity index (χ1) is 14.0. The van der Waals surface area contributed by atoms with Gasteiger partial charge in [-0.05, 0) is 37.6 Å². The molecule has 3 rings (SSSR count). The van der Waals surface area contributed by atoms with Crippen molar-refractivity contribution >= 4 is 17.5 Å². The molecule has 1 unspecified atom stereocenters. The number of hydrogen-bond acceptors (Lipinski definition) is 5. The number of nitrogens with one attached hydrogen (secondary N) is 1. The number of rotatable bonds is 6. The van der Waals surface area contributed by atoms with E-state index in [-0.39, 0.29) is 17.9 Å². The molecule has 29 heavy (non-hydrogen) atoms. The van der Waals surface area contributed by atoms with Crippen LogP contribution in [-0.4, -0.2) is 61.0 Å². The Balaban J connectivity index is 1.65. The summed E-state index contributed by atoms with van der Waals surface area (Å²) in [5.74, 6) is 0.494. The number of pyridine rings is 1. The van der Waals surface area contributed by atoms with Crippen LogP contribution in [-0.2, 0) is 0 Å². The lowest BCUT2D eigenvalue weighted by Crippen LogP contribution is -2.49. The standard InChI is InChI=1S/C22H28N4O3/c1-4-16(2)24-21(27)17-9-10-23-18(15-17)22(28)26-13-11-25(12-14-26)19-7-5-6-8-20(19)29-3/h5-10,15-16H,4,11-14H2,1-3H3,(H,24,27). The van der Waals surface area contributed by atoms with Crippen LogP contribution in [0.25, 0.3) is 0 Å². The number of methoxy groups -OCH3 is 1. The molecule has 1 saturated heterocycles. The van der Waals surface area contributed by atoms with Crippen molar-refractivity contribution in [2.24, 2.45) is 0 Å². The Labute approximate surface area is 171 Å². The highest BCUT2D eigenvalue weighted by atomic mass is 16.5. The first-order valence-corrected chi connectivity index (χ1v) is 9.97. The fourth-order valence-electron chi connectivity index (χ4n) is 3.30. The number of carbonyl (C=O) groups is 2. The number of aromatic nitrogens is 1. The number of hydrogen-bond donors (Lipinski definition) is 1. The third kappa shape index (κ3) is 4.85. The normalized spacial score (nSPS) is 15.0. The number of amides is 2. The summed E-state index contributed by atoms with van der Waals surface area (Å²) in [7, 11) is 1.66. The van der Waals surface area contributed by atoms with Gasteiger partial charge in [-0.2, -0.15) is 0 Å². The molecular weight excluding hydrogens is 368 g/mol. The summed E-state index contributed by atoms with van der Waals surface area (Å²) in [4.78, 5) is 33.4. The Morgan fingerprint density at radius 3 is 2.59 bits per heavy atom. The van der Waals surface area contributed by atoms with E-state index in [2.05, 4.69) is 15.2 Å². The molecule has 0 radical (unpaired) electrons. The summed E-state index contributed by atoms with van der Waals surface area (Å²) >= 11 is 0. The van der Waals surface area contributed by atoms with Gasteiger partial charge in [-0.15, -0.1) is 0 Å². The first kappa shape index (κ1) is 20.6. The molecule has 0 spiro atoms. The quantitative estimate of drug-likeness (QED) is 0.812.